The highest BCUT2D eigenvalue weighted by molar-refractivity contribution is 7.07. The highest BCUT2D eigenvalue weighted by atomic mass is 35.5. The summed E-state index contributed by atoms with van der Waals surface area (Å²) in [6, 6.07) is 3.20. The number of esters is 1. The highest BCUT2D eigenvalue weighted by Gasteiger charge is 2.08. The van der Waals surface area contributed by atoms with Gasteiger partial charge in [0.1, 0.15) is 11.8 Å². The second kappa shape index (κ2) is 6.84. The molecule has 4 nitrogen and oxygen atoms in total. The largest absolute Gasteiger partial charge is 0.459 e. The first-order valence-electron chi connectivity index (χ1n) is 5.49. The van der Waals surface area contributed by atoms with Gasteiger partial charge in [0.2, 0.25) is 0 Å². The average Bonchev–Trinajstić information content (AvgIpc) is 2.90. The molecular weight excluding hydrogens is 307 g/mol. The molecule has 2 aromatic heterocycles. The second-order valence-electron chi connectivity index (χ2n) is 3.70. The van der Waals surface area contributed by atoms with Gasteiger partial charge in [0, 0.05) is 11.8 Å². The third-order valence-corrected chi connectivity index (χ3v) is 3.51. The Hall–Kier alpha value is -1.17. The summed E-state index contributed by atoms with van der Waals surface area (Å²) >= 11 is 13.2. The van der Waals surface area contributed by atoms with Crippen molar-refractivity contribution in [3.63, 3.8) is 0 Å². The molecule has 0 spiro atoms. The summed E-state index contributed by atoms with van der Waals surface area (Å²) in [5.74, 6) is -0.314. The molecule has 0 fully saturated rings. The van der Waals surface area contributed by atoms with E-state index in [9.17, 15) is 4.79 Å². The molecule has 0 aliphatic carbocycles. The van der Waals surface area contributed by atoms with E-state index in [2.05, 4.69) is 9.97 Å². The molecule has 0 saturated carbocycles. The Labute approximate surface area is 124 Å². The number of carbonyl (C=O) groups excluding carboxylic acids is 1. The van der Waals surface area contributed by atoms with E-state index >= 15 is 0 Å². The molecule has 0 N–H and O–H groups in total. The molecule has 2 heterocycles. The van der Waals surface area contributed by atoms with Crippen molar-refractivity contribution < 1.29 is 9.53 Å². The lowest BCUT2D eigenvalue weighted by atomic mass is 10.2. The van der Waals surface area contributed by atoms with Crippen LogP contribution in [0.25, 0.3) is 0 Å². The molecule has 2 rings (SSSR count). The first-order chi connectivity index (χ1) is 9.15. The number of aromatic nitrogens is 2. The van der Waals surface area contributed by atoms with Gasteiger partial charge in [-0.3, -0.25) is 4.79 Å². The zero-order chi connectivity index (χ0) is 13.7. The van der Waals surface area contributed by atoms with Gasteiger partial charge >= 0.3 is 5.97 Å². The van der Waals surface area contributed by atoms with Crippen molar-refractivity contribution in [2.45, 2.75) is 19.4 Å². The number of rotatable bonds is 5. The molecule has 100 valence electrons. The van der Waals surface area contributed by atoms with E-state index < -0.39 is 0 Å². The van der Waals surface area contributed by atoms with Crippen LogP contribution in [-0.2, 0) is 22.6 Å². The zero-order valence-electron chi connectivity index (χ0n) is 9.81. The quantitative estimate of drug-likeness (QED) is 0.625. The van der Waals surface area contributed by atoms with E-state index in [-0.39, 0.29) is 19.0 Å². The Morgan fingerprint density at radius 1 is 1.37 bits per heavy atom. The molecule has 2 aromatic rings. The number of ether oxygens (including phenoxy) is 1. The fraction of sp³-hybridized carbons (Fsp3) is 0.250. The third-order valence-electron chi connectivity index (χ3n) is 2.32. The van der Waals surface area contributed by atoms with Crippen molar-refractivity contribution in [3.8, 4) is 0 Å². The van der Waals surface area contributed by atoms with Gasteiger partial charge in [0.05, 0.1) is 28.3 Å². The molecule has 0 aliphatic heterocycles. The predicted molar refractivity (Wildman–Crippen MR) is 74.5 cm³/mol. The molecule has 0 aliphatic rings. The van der Waals surface area contributed by atoms with Crippen molar-refractivity contribution in [1.29, 1.82) is 0 Å². The van der Waals surface area contributed by atoms with Crippen LogP contribution in [0, 0.1) is 0 Å². The molecule has 0 saturated heterocycles. The third kappa shape index (κ3) is 4.45. The van der Waals surface area contributed by atoms with E-state index in [0.717, 1.165) is 5.69 Å². The smallest absolute Gasteiger partial charge is 0.306 e. The Morgan fingerprint density at radius 2 is 2.21 bits per heavy atom. The fourth-order valence-corrected chi connectivity index (χ4v) is 2.29. The topological polar surface area (TPSA) is 52.1 Å². The molecule has 0 aromatic carbocycles. The molecule has 0 atom stereocenters. The number of nitrogens with zero attached hydrogens (tertiary/aromatic N) is 2. The Balaban J connectivity index is 1.81. The van der Waals surface area contributed by atoms with Crippen molar-refractivity contribution in [2.75, 3.05) is 0 Å². The summed E-state index contributed by atoms with van der Waals surface area (Å²) in [5, 5.41) is 2.65. The van der Waals surface area contributed by atoms with Gasteiger partial charge in [-0.2, -0.15) is 0 Å². The maximum absolute atomic E-state index is 11.6. The van der Waals surface area contributed by atoms with Crippen LogP contribution in [0.2, 0.25) is 10.2 Å². The van der Waals surface area contributed by atoms with Crippen molar-refractivity contribution in [2.24, 2.45) is 0 Å². The average molecular weight is 317 g/mol. The number of carbonyl (C=O) groups is 1. The minimum absolute atomic E-state index is 0.0231. The van der Waals surface area contributed by atoms with Crippen LogP contribution in [-0.4, -0.2) is 15.9 Å². The number of halogens is 2. The van der Waals surface area contributed by atoms with E-state index in [0.29, 0.717) is 22.3 Å². The van der Waals surface area contributed by atoms with Crippen LogP contribution < -0.4 is 0 Å². The van der Waals surface area contributed by atoms with Gasteiger partial charge in [0.15, 0.2) is 0 Å². The molecule has 0 unspecified atom stereocenters. The Morgan fingerprint density at radius 3 is 2.95 bits per heavy atom. The molecule has 19 heavy (non-hydrogen) atoms. The van der Waals surface area contributed by atoms with Gasteiger partial charge in [-0.15, -0.1) is 11.3 Å². The number of hydrogen-bond acceptors (Lipinski definition) is 5. The van der Waals surface area contributed by atoms with Crippen molar-refractivity contribution in [3.05, 3.63) is 44.6 Å². The van der Waals surface area contributed by atoms with E-state index in [4.69, 9.17) is 27.9 Å². The minimum atomic E-state index is -0.314. The normalized spacial score (nSPS) is 10.4. The maximum atomic E-state index is 11.6. The van der Waals surface area contributed by atoms with Crippen molar-refractivity contribution >= 4 is 40.5 Å². The van der Waals surface area contributed by atoms with E-state index in [1.807, 2.05) is 5.38 Å². The summed E-state index contributed by atoms with van der Waals surface area (Å²) in [6.45, 7) is 0.0231. The van der Waals surface area contributed by atoms with Gasteiger partial charge in [-0.25, -0.2) is 9.97 Å². The summed E-state index contributed by atoms with van der Waals surface area (Å²) in [5.41, 5.74) is 3.08. The minimum Gasteiger partial charge on any atom is -0.459 e. The zero-order valence-corrected chi connectivity index (χ0v) is 12.1. The maximum Gasteiger partial charge on any atom is 0.306 e. The summed E-state index contributed by atoms with van der Waals surface area (Å²) in [7, 11) is 0. The fourth-order valence-electron chi connectivity index (χ4n) is 1.37. The van der Waals surface area contributed by atoms with Crippen molar-refractivity contribution in [1.82, 2.24) is 9.97 Å². The van der Waals surface area contributed by atoms with Gasteiger partial charge in [-0.1, -0.05) is 23.2 Å². The van der Waals surface area contributed by atoms with Crippen LogP contribution in [0.5, 0.6) is 0 Å². The summed E-state index contributed by atoms with van der Waals surface area (Å²) in [4.78, 5) is 19.6. The number of thiazole rings is 1. The van der Waals surface area contributed by atoms with Crippen LogP contribution in [0.1, 0.15) is 17.8 Å². The predicted octanol–water partition coefficient (Wildman–Crippen LogP) is 3.52. The van der Waals surface area contributed by atoms with E-state index in [1.165, 1.54) is 11.3 Å². The number of aryl methyl sites for hydroxylation is 1. The summed E-state index contributed by atoms with van der Waals surface area (Å²) in [6.07, 6.45) is 0.848. The number of pyridine rings is 1. The van der Waals surface area contributed by atoms with E-state index in [1.54, 1.807) is 17.6 Å². The lowest BCUT2D eigenvalue weighted by Crippen LogP contribution is -2.07. The van der Waals surface area contributed by atoms with Gasteiger partial charge < -0.3 is 4.74 Å². The Kier molecular flexibility index (Phi) is 5.13. The second-order valence-corrected chi connectivity index (χ2v) is 5.22. The first kappa shape index (κ1) is 14.2. The molecule has 0 amide bonds. The molecule has 7 heteroatoms. The van der Waals surface area contributed by atoms with Gasteiger partial charge in [0.25, 0.3) is 0 Å². The first-order valence-corrected chi connectivity index (χ1v) is 7.18. The van der Waals surface area contributed by atoms with Crippen LogP contribution >= 0.6 is 34.5 Å². The SMILES string of the molecule is O=C(CCc1cscn1)OCc1nc(Cl)ccc1Cl. The number of hydrogen-bond donors (Lipinski definition) is 0. The Bertz CT molecular complexity index is 561. The van der Waals surface area contributed by atoms with Gasteiger partial charge in [-0.05, 0) is 12.1 Å². The van der Waals surface area contributed by atoms with Crippen LogP contribution in [0.4, 0.5) is 0 Å². The lowest BCUT2D eigenvalue weighted by Gasteiger charge is -2.05. The van der Waals surface area contributed by atoms with Crippen LogP contribution in [0.3, 0.4) is 0 Å². The standard InChI is InChI=1S/C12H10Cl2N2O2S/c13-9-2-3-11(14)16-10(9)5-18-12(17)4-1-8-6-19-7-15-8/h2-3,6-7H,1,4-5H2. The molecule has 0 bridgehead atoms. The monoisotopic (exact) mass is 316 g/mol. The molecule has 0 radical (unpaired) electrons. The molecular formula is C12H10Cl2N2O2S. The van der Waals surface area contributed by atoms with Crippen LogP contribution in [0.15, 0.2) is 23.0 Å². The summed E-state index contributed by atoms with van der Waals surface area (Å²) < 4.78 is 5.09. The lowest BCUT2D eigenvalue weighted by molar-refractivity contribution is -0.145. The highest BCUT2D eigenvalue weighted by Crippen LogP contribution is 2.17.